The van der Waals surface area contributed by atoms with E-state index in [1.54, 1.807) is 6.08 Å². The van der Waals surface area contributed by atoms with Crippen molar-refractivity contribution in [2.24, 2.45) is 5.92 Å². The Bertz CT molecular complexity index is 1060. The first kappa shape index (κ1) is 21.6. The quantitative estimate of drug-likeness (QED) is 0.448. The molecule has 3 aliphatic rings. The molecule has 31 heavy (non-hydrogen) atoms. The molecule has 2 heterocycles. The van der Waals surface area contributed by atoms with Gasteiger partial charge in [-0.3, -0.25) is 14.5 Å². The minimum absolute atomic E-state index is 0.0509. The Morgan fingerprint density at radius 2 is 2.10 bits per heavy atom. The van der Waals surface area contributed by atoms with Crippen molar-refractivity contribution in [1.82, 2.24) is 10.2 Å². The Labute approximate surface area is 194 Å². The van der Waals surface area contributed by atoms with Crippen LogP contribution in [0.5, 0.6) is 5.75 Å². The summed E-state index contributed by atoms with van der Waals surface area (Å²) in [6.07, 6.45) is 5.63. The highest BCUT2D eigenvalue weighted by Gasteiger charge is 2.52. The van der Waals surface area contributed by atoms with Crippen molar-refractivity contribution >= 4 is 40.4 Å². The fraction of sp³-hybridized carbons (Fsp3) is 0.348. The number of esters is 1. The number of ether oxygens (including phenoxy) is 2. The van der Waals surface area contributed by atoms with E-state index in [0.29, 0.717) is 23.8 Å². The Balaban J connectivity index is 1.64. The lowest BCUT2D eigenvalue weighted by Gasteiger charge is -2.20. The second kappa shape index (κ2) is 8.49. The van der Waals surface area contributed by atoms with Crippen LogP contribution in [-0.2, 0) is 19.1 Å². The monoisotopic (exact) mass is 534 g/mol. The molecule has 1 fully saturated rings. The number of hydrogen-bond donors (Lipinski definition) is 1. The lowest BCUT2D eigenvalue weighted by Crippen LogP contribution is -2.39. The van der Waals surface area contributed by atoms with E-state index in [2.05, 4.69) is 27.9 Å². The van der Waals surface area contributed by atoms with Gasteiger partial charge in [0.05, 0.1) is 3.57 Å². The Morgan fingerprint density at radius 3 is 2.77 bits per heavy atom. The first-order valence-corrected chi connectivity index (χ1v) is 11.3. The zero-order valence-electron chi connectivity index (χ0n) is 17.5. The minimum Gasteiger partial charge on any atom is -0.483 e. The van der Waals surface area contributed by atoms with Gasteiger partial charge in [-0.1, -0.05) is 32.1 Å². The molecular formula is C23H23IN2O5. The van der Waals surface area contributed by atoms with E-state index in [1.165, 1.54) is 4.90 Å². The molecule has 4 rings (SSSR count). The number of nitrogens with one attached hydrogen (secondary N) is 1. The van der Waals surface area contributed by atoms with E-state index in [-0.39, 0.29) is 36.2 Å². The van der Waals surface area contributed by atoms with Crippen molar-refractivity contribution in [3.8, 4) is 5.75 Å². The third-order valence-corrected chi connectivity index (χ3v) is 6.31. The van der Waals surface area contributed by atoms with Crippen LogP contribution >= 0.6 is 22.6 Å². The summed E-state index contributed by atoms with van der Waals surface area (Å²) in [7, 11) is 0. The standard InChI is InChI=1S/C23H23IN2O5/c1-4-25-18(27)11-30-17-9-8-13(10-16(17)24)14-6-5-7-15-19(14)22-26(21(15)28)20(12(2)3)23(29)31-22/h5-10,12,14,20H,4,11H2,1-3H3,(H,25,27). The molecular weight excluding hydrogens is 511 g/mol. The molecule has 0 saturated carbocycles. The van der Waals surface area contributed by atoms with Crippen LogP contribution in [0.25, 0.3) is 0 Å². The van der Waals surface area contributed by atoms with Gasteiger partial charge >= 0.3 is 5.97 Å². The summed E-state index contributed by atoms with van der Waals surface area (Å²) >= 11 is 2.17. The smallest absolute Gasteiger partial charge is 0.336 e. The van der Waals surface area contributed by atoms with Crippen LogP contribution in [0.4, 0.5) is 0 Å². The van der Waals surface area contributed by atoms with E-state index < -0.39 is 6.04 Å². The minimum atomic E-state index is -0.604. The van der Waals surface area contributed by atoms with Crippen LogP contribution in [0.3, 0.4) is 0 Å². The molecule has 162 valence electrons. The molecule has 0 aromatic heterocycles. The Morgan fingerprint density at radius 1 is 1.32 bits per heavy atom. The molecule has 7 nitrogen and oxygen atoms in total. The van der Waals surface area contributed by atoms with Crippen LogP contribution in [0, 0.1) is 9.49 Å². The molecule has 0 radical (unpaired) electrons. The molecule has 0 bridgehead atoms. The summed E-state index contributed by atoms with van der Waals surface area (Å²) in [6, 6.07) is 5.08. The first-order chi connectivity index (χ1) is 14.8. The van der Waals surface area contributed by atoms with Gasteiger partial charge in [-0.25, -0.2) is 4.79 Å². The van der Waals surface area contributed by atoms with E-state index in [0.717, 1.165) is 14.7 Å². The van der Waals surface area contributed by atoms with Crippen LogP contribution in [0.15, 0.2) is 53.5 Å². The van der Waals surface area contributed by atoms with Crippen molar-refractivity contribution in [2.45, 2.75) is 32.7 Å². The molecule has 1 aliphatic carbocycles. The highest BCUT2D eigenvalue weighted by atomic mass is 127. The van der Waals surface area contributed by atoms with Gasteiger partial charge in [0.2, 0.25) is 5.88 Å². The van der Waals surface area contributed by atoms with E-state index in [9.17, 15) is 14.4 Å². The zero-order chi connectivity index (χ0) is 22.3. The maximum absolute atomic E-state index is 13.1. The summed E-state index contributed by atoms with van der Waals surface area (Å²) in [4.78, 5) is 38.7. The topological polar surface area (TPSA) is 84.9 Å². The van der Waals surface area contributed by atoms with Gasteiger partial charge in [-0.15, -0.1) is 0 Å². The molecule has 8 heteroatoms. The Hall–Kier alpha value is -2.62. The number of hydrogen-bond acceptors (Lipinski definition) is 5. The van der Waals surface area contributed by atoms with Gasteiger partial charge < -0.3 is 14.8 Å². The van der Waals surface area contributed by atoms with E-state index in [4.69, 9.17) is 9.47 Å². The van der Waals surface area contributed by atoms with Gasteiger partial charge in [0, 0.05) is 23.6 Å². The van der Waals surface area contributed by atoms with Gasteiger partial charge in [0.15, 0.2) is 6.61 Å². The average molecular weight is 534 g/mol. The van der Waals surface area contributed by atoms with Crippen LogP contribution in [-0.4, -0.2) is 41.9 Å². The van der Waals surface area contributed by atoms with Gasteiger partial charge in [-0.2, -0.15) is 0 Å². The number of rotatable bonds is 6. The highest BCUT2D eigenvalue weighted by molar-refractivity contribution is 14.1. The third kappa shape index (κ3) is 3.77. The second-order valence-corrected chi connectivity index (χ2v) is 9.04. The highest BCUT2D eigenvalue weighted by Crippen LogP contribution is 2.47. The molecule has 1 N–H and O–H groups in total. The van der Waals surface area contributed by atoms with Crippen molar-refractivity contribution in [2.75, 3.05) is 13.2 Å². The van der Waals surface area contributed by atoms with E-state index >= 15 is 0 Å². The number of carbonyl (C=O) groups is 3. The number of allylic oxidation sites excluding steroid dienone is 3. The predicted molar refractivity (Wildman–Crippen MR) is 122 cm³/mol. The average Bonchev–Trinajstić information content (AvgIpc) is 3.21. The molecule has 1 aromatic rings. The number of fused-ring (bicyclic) bond motifs is 2. The molecule has 2 amide bonds. The van der Waals surface area contributed by atoms with Crippen LogP contribution in [0.1, 0.15) is 32.3 Å². The van der Waals surface area contributed by atoms with Crippen molar-refractivity contribution < 1.29 is 23.9 Å². The lowest BCUT2D eigenvalue weighted by molar-refractivity contribution is -0.139. The fourth-order valence-electron chi connectivity index (χ4n) is 4.09. The normalized spacial score (nSPS) is 21.8. The number of benzene rings is 1. The Kier molecular flexibility index (Phi) is 5.92. The molecule has 1 saturated heterocycles. The molecule has 2 aliphatic heterocycles. The predicted octanol–water partition coefficient (Wildman–Crippen LogP) is 3.02. The maximum atomic E-state index is 13.1. The second-order valence-electron chi connectivity index (χ2n) is 7.88. The number of nitrogens with zero attached hydrogens (tertiary/aromatic N) is 1. The van der Waals surface area contributed by atoms with Crippen molar-refractivity contribution in [3.05, 3.63) is 62.6 Å². The summed E-state index contributed by atoms with van der Waals surface area (Å²) in [5.41, 5.74) is 2.22. The number of halogens is 1. The van der Waals surface area contributed by atoms with Crippen molar-refractivity contribution in [1.29, 1.82) is 0 Å². The molecule has 1 aromatic carbocycles. The zero-order valence-corrected chi connectivity index (χ0v) is 19.6. The summed E-state index contributed by atoms with van der Waals surface area (Å²) < 4.78 is 12.1. The summed E-state index contributed by atoms with van der Waals surface area (Å²) in [5, 5.41) is 2.70. The van der Waals surface area contributed by atoms with Gasteiger partial charge in [-0.05, 0) is 59.2 Å². The SMILES string of the molecule is CCNC(=O)COc1ccc(C2C=CC=C3C(=O)N4C(=C32)OC(=O)C4C(C)C)cc1I. The first-order valence-electron chi connectivity index (χ1n) is 10.2. The summed E-state index contributed by atoms with van der Waals surface area (Å²) in [5.74, 6) is -0.0763. The maximum Gasteiger partial charge on any atom is 0.336 e. The summed E-state index contributed by atoms with van der Waals surface area (Å²) in [6.45, 7) is 6.16. The molecule has 2 atom stereocenters. The van der Waals surface area contributed by atoms with Crippen LogP contribution in [0.2, 0.25) is 0 Å². The number of carbonyl (C=O) groups excluding carboxylic acids is 3. The van der Waals surface area contributed by atoms with Crippen LogP contribution < -0.4 is 10.1 Å². The number of amides is 2. The molecule has 0 spiro atoms. The fourth-order valence-corrected chi connectivity index (χ4v) is 4.78. The third-order valence-electron chi connectivity index (χ3n) is 5.46. The molecule has 2 unspecified atom stereocenters. The van der Waals surface area contributed by atoms with Crippen molar-refractivity contribution in [3.63, 3.8) is 0 Å². The lowest BCUT2D eigenvalue weighted by atomic mass is 9.84. The van der Waals surface area contributed by atoms with E-state index in [1.807, 2.05) is 51.1 Å². The largest absolute Gasteiger partial charge is 0.483 e. The van der Waals surface area contributed by atoms with Gasteiger partial charge in [0.25, 0.3) is 11.8 Å². The number of likely N-dealkylation sites (N-methyl/N-ethyl adjacent to an activating group) is 1. The van der Waals surface area contributed by atoms with Gasteiger partial charge in [0.1, 0.15) is 11.8 Å².